The molecular weight excluding hydrogens is 232 g/mol. The number of hydrogen-bond donors (Lipinski definition) is 1. The summed E-state index contributed by atoms with van der Waals surface area (Å²) < 4.78 is 0. The maximum absolute atomic E-state index is 11.6. The van der Waals surface area contributed by atoms with E-state index in [2.05, 4.69) is 23.6 Å². The number of carbonyl (C=O) groups is 1. The van der Waals surface area contributed by atoms with Gasteiger partial charge in [-0.1, -0.05) is 19.1 Å². The number of rotatable bonds is 2. The smallest absolute Gasteiger partial charge is 0.222 e. The summed E-state index contributed by atoms with van der Waals surface area (Å²) in [5.74, 6) is 0.254. The molecule has 0 bridgehead atoms. The molecule has 1 aromatic carbocycles. The number of anilines is 1. The van der Waals surface area contributed by atoms with E-state index in [1.807, 2.05) is 30.0 Å². The molecule has 3 nitrogen and oxygen atoms in total. The Morgan fingerprint density at radius 2 is 1.88 bits per heavy atom. The van der Waals surface area contributed by atoms with Gasteiger partial charge in [0.1, 0.15) is 0 Å². The van der Waals surface area contributed by atoms with Crippen LogP contribution >= 0.6 is 12.6 Å². The zero-order chi connectivity index (χ0) is 12.3. The van der Waals surface area contributed by atoms with Gasteiger partial charge >= 0.3 is 0 Å². The van der Waals surface area contributed by atoms with Crippen molar-refractivity contribution in [1.29, 1.82) is 0 Å². The van der Waals surface area contributed by atoms with Gasteiger partial charge in [-0.25, -0.2) is 0 Å². The topological polar surface area (TPSA) is 23.6 Å². The Balaban J connectivity index is 2.00. The molecule has 17 heavy (non-hydrogen) atoms. The van der Waals surface area contributed by atoms with Crippen LogP contribution in [0, 0.1) is 0 Å². The fourth-order valence-corrected chi connectivity index (χ4v) is 2.45. The Morgan fingerprint density at radius 1 is 1.24 bits per heavy atom. The highest BCUT2D eigenvalue weighted by Crippen LogP contribution is 2.24. The lowest BCUT2D eigenvalue weighted by Gasteiger charge is -2.36. The molecule has 4 heteroatoms. The molecule has 0 atom stereocenters. The van der Waals surface area contributed by atoms with Gasteiger partial charge < -0.3 is 9.80 Å². The van der Waals surface area contributed by atoms with E-state index < -0.39 is 0 Å². The molecule has 0 unspecified atom stereocenters. The molecule has 1 heterocycles. The van der Waals surface area contributed by atoms with E-state index >= 15 is 0 Å². The van der Waals surface area contributed by atoms with Gasteiger partial charge in [0.15, 0.2) is 0 Å². The minimum atomic E-state index is 0.254. The fourth-order valence-electron chi connectivity index (χ4n) is 2.15. The zero-order valence-electron chi connectivity index (χ0n) is 10.1. The summed E-state index contributed by atoms with van der Waals surface area (Å²) in [4.78, 5) is 16.8. The molecule has 0 aromatic heterocycles. The van der Waals surface area contributed by atoms with E-state index in [9.17, 15) is 4.79 Å². The van der Waals surface area contributed by atoms with Gasteiger partial charge in [0.2, 0.25) is 5.91 Å². The quantitative estimate of drug-likeness (QED) is 0.812. The van der Waals surface area contributed by atoms with E-state index in [1.54, 1.807) is 0 Å². The average molecular weight is 250 g/mol. The van der Waals surface area contributed by atoms with Crippen molar-refractivity contribution >= 4 is 24.2 Å². The van der Waals surface area contributed by atoms with Crippen molar-refractivity contribution in [3.05, 3.63) is 24.3 Å². The van der Waals surface area contributed by atoms with Crippen LogP contribution in [0.5, 0.6) is 0 Å². The third kappa shape index (κ3) is 2.75. The number of benzene rings is 1. The minimum Gasteiger partial charge on any atom is -0.367 e. The molecule has 1 saturated heterocycles. The summed E-state index contributed by atoms with van der Waals surface area (Å²) in [6.07, 6.45) is 0.600. The second-order valence-corrected chi connectivity index (χ2v) is 4.69. The highest BCUT2D eigenvalue weighted by Gasteiger charge is 2.20. The lowest BCUT2D eigenvalue weighted by atomic mass is 10.2. The monoisotopic (exact) mass is 250 g/mol. The minimum absolute atomic E-state index is 0.254. The number of thiol groups is 1. The largest absolute Gasteiger partial charge is 0.367 e. The second kappa shape index (κ2) is 5.45. The van der Waals surface area contributed by atoms with Gasteiger partial charge in [-0.3, -0.25) is 4.79 Å². The average Bonchev–Trinajstić information content (AvgIpc) is 2.39. The summed E-state index contributed by atoms with van der Waals surface area (Å²) in [7, 11) is 0. The molecule has 0 saturated carbocycles. The molecule has 1 fully saturated rings. The van der Waals surface area contributed by atoms with Crippen molar-refractivity contribution in [1.82, 2.24) is 4.90 Å². The van der Waals surface area contributed by atoms with Gasteiger partial charge in [-0.15, -0.1) is 12.6 Å². The van der Waals surface area contributed by atoms with Crippen LogP contribution in [0.15, 0.2) is 29.2 Å². The van der Waals surface area contributed by atoms with Crippen molar-refractivity contribution < 1.29 is 4.79 Å². The molecule has 0 N–H and O–H groups in total. The Bertz CT molecular complexity index is 400. The van der Waals surface area contributed by atoms with Crippen LogP contribution in [0.25, 0.3) is 0 Å². The number of nitrogens with zero attached hydrogens (tertiary/aromatic N) is 2. The third-order valence-corrected chi connectivity index (χ3v) is 3.54. The van der Waals surface area contributed by atoms with Crippen molar-refractivity contribution in [2.24, 2.45) is 0 Å². The van der Waals surface area contributed by atoms with E-state index in [0.717, 1.165) is 31.1 Å². The van der Waals surface area contributed by atoms with Crippen molar-refractivity contribution in [3.8, 4) is 0 Å². The normalized spacial score (nSPS) is 16.1. The third-order valence-electron chi connectivity index (χ3n) is 3.16. The highest BCUT2D eigenvalue weighted by atomic mass is 32.1. The van der Waals surface area contributed by atoms with Crippen LogP contribution in [0.2, 0.25) is 0 Å². The molecule has 2 rings (SSSR count). The predicted octanol–water partition coefficient (Wildman–Crippen LogP) is 2.03. The van der Waals surface area contributed by atoms with E-state index in [0.29, 0.717) is 6.42 Å². The molecule has 1 aromatic rings. The van der Waals surface area contributed by atoms with Crippen molar-refractivity contribution in [2.75, 3.05) is 31.1 Å². The van der Waals surface area contributed by atoms with Crippen LogP contribution < -0.4 is 4.90 Å². The Morgan fingerprint density at radius 3 is 2.47 bits per heavy atom. The highest BCUT2D eigenvalue weighted by molar-refractivity contribution is 7.80. The molecule has 1 aliphatic heterocycles. The first-order chi connectivity index (χ1) is 8.22. The van der Waals surface area contributed by atoms with Gasteiger partial charge in [-0.2, -0.15) is 0 Å². The number of amides is 1. The van der Waals surface area contributed by atoms with E-state index in [-0.39, 0.29) is 5.91 Å². The maximum Gasteiger partial charge on any atom is 0.222 e. The van der Waals surface area contributed by atoms with E-state index in [1.165, 1.54) is 5.69 Å². The van der Waals surface area contributed by atoms with Crippen LogP contribution in [0.1, 0.15) is 13.3 Å². The van der Waals surface area contributed by atoms with Crippen LogP contribution in [0.4, 0.5) is 5.69 Å². The number of carbonyl (C=O) groups excluding carboxylic acids is 1. The van der Waals surface area contributed by atoms with Crippen molar-refractivity contribution in [3.63, 3.8) is 0 Å². The molecule has 0 aliphatic carbocycles. The fraction of sp³-hybridized carbons (Fsp3) is 0.462. The maximum atomic E-state index is 11.6. The molecule has 0 spiro atoms. The van der Waals surface area contributed by atoms with E-state index in [4.69, 9.17) is 0 Å². The summed E-state index contributed by atoms with van der Waals surface area (Å²) in [5, 5.41) is 0. The molecule has 92 valence electrons. The van der Waals surface area contributed by atoms with Crippen LogP contribution in [0.3, 0.4) is 0 Å². The number of para-hydroxylation sites is 1. The van der Waals surface area contributed by atoms with Crippen LogP contribution in [-0.4, -0.2) is 37.0 Å². The zero-order valence-corrected chi connectivity index (χ0v) is 11.0. The summed E-state index contributed by atoms with van der Waals surface area (Å²) >= 11 is 4.47. The second-order valence-electron chi connectivity index (χ2n) is 4.21. The Hall–Kier alpha value is -1.16. The number of piperazine rings is 1. The summed E-state index contributed by atoms with van der Waals surface area (Å²) in [6.45, 7) is 5.33. The summed E-state index contributed by atoms with van der Waals surface area (Å²) in [6, 6.07) is 8.10. The van der Waals surface area contributed by atoms with Gasteiger partial charge in [0.05, 0.1) is 5.69 Å². The molecule has 1 amide bonds. The first-order valence-electron chi connectivity index (χ1n) is 6.03. The standard InChI is InChI=1S/C13H18N2OS/c1-2-13(16)15-9-7-14(8-10-15)11-5-3-4-6-12(11)17/h3-6,17H,2,7-10H2,1H3. The van der Waals surface area contributed by atoms with Crippen molar-refractivity contribution in [2.45, 2.75) is 18.2 Å². The van der Waals surface area contributed by atoms with Gasteiger partial charge in [0, 0.05) is 37.5 Å². The summed E-state index contributed by atoms with van der Waals surface area (Å²) in [5.41, 5.74) is 1.17. The lowest BCUT2D eigenvalue weighted by Crippen LogP contribution is -2.48. The first kappa shape index (κ1) is 12.3. The SMILES string of the molecule is CCC(=O)N1CCN(c2ccccc2S)CC1. The predicted molar refractivity (Wildman–Crippen MR) is 72.8 cm³/mol. The first-order valence-corrected chi connectivity index (χ1v) is 6.48. The van der Waals surface area contributed by atoms with Gasteiger partial charge in [-0.05, 0) is 12.1 Å². The lowest BCUT2D eigenvalue weighted by molar-refractivity contribution is -0.131. The molecule has 1 aliphatic rings. The molecular formula is C13H18N2OS. The Kier molecular flexibility index (Phi) is 3.94. The molecule has 0 radical (unpaired) electrons. The van der Waals surface area contributed by atoms with Gasteiger partial charge in [0.25, 0.3) is 0 Å². The number of hydrogen-bond acceptors (Lipinski definition) is 3. The van der Waals surface area contributed by atoms with Crippen LogP contribution in [-0.2, 0) is 4.79 Å². The Labute approximate surface area is 108 Å².